The van der Waals surface area contributed by atoms with Crippen LogP contribution in [0.1, 0.15) is 6.42 Å². The number of rotatable bonds is 4. The van der Waals surface area contributed by atoms with Gasteiger partial charge >= 0.3 is 0 Å². The second-order valence-corrected chi connectivity index (χ2v) is 2.79. The highest BCUT2D eigenvalue weighted by Gasteiger charge is 2.18. The van der Waals surface area contributed by atoms with Crippen LogP contribution < -0.4 is 5.32 Å². The van der Waals surface area contributed by atoms with Gasteiger partial charge in [-0.05, 0) is 6.42 Å². The molecule has 0 spiro atoms. The van der Waals surface area contributed by atoms with E-state index in [9.17, 15) is 0 Å². The van der Waals surface area contributed by atoms with E-state index < -0.39 is 0 Å². The third-order valence-electron chi connectivity index (χ3n) is 1.84. The van der Waals surface area contributed by atoms with Gasteiger partial charge < -0.3 is 20.3 Å². The Morgan fingerprint density at radius 2 is 2.18 bits per heavy atom. The Bertz CT molecular complexity index is 99.9. The van der Waals surface area contributed by atoms with E-state index in [1.807, 2.05) is 0 Å². The molecule has 1 fully saturated rings. The fourth-order valence-corrected chi connectivity index (χ4v) is 1.16. The largest absolute Gasteiger partial charge is 0.395 e. The minimum absolute atomic E-state index is 0.0208. The van der Waals surface area contributed by atoms with Gasteiger partial charge in [-0.15, -0.1) is 0 Å². The maximum Gasteiger partial charge on any atom is 0.0620 e. The molecule has 1 heterocycles. The van der Waals surface area contributed by atoms with Gasteiger partial charge in [0.2, 0.25) is 0 Å². The summed E-state index contributed by atoms with van der Waals surface area (Å²) in [6, 6.07) is 0.112. The van der Waals surface area contributed by atoms with Crippen LogP contribution in [0.2, 0.25) is 0 Å². The Kier molecular flexibility index (Phi) is 3.79. The van der Waals surface area contributed by atoms with E-state index in [1.165, 1.54) is 0 Å². The van der Waals surface area contributed by atoms with Crippen molar-refractivity contribution in [1.29, 1.82) is 0 Å². The fourth-order valence-electron chi connectivity index (χ4n) is 1.16. The minimum atomic E-state index is -0.193. The highest BCUT2D eigenvalue weighted by atomic mass is 16.5. The molecule has 0 bridgehead atoms. The number of ether oxygens (including phenoxy) is 1. The fraction of sp³-hybridized carbons (Fsp3) is 1.00. The lowest BCUT2D eigenvalue weighted by molar-refractivity contribution is 0.150. The molecule has 1 aliphatic heterocycles. The zero-order chi connectivity index (χ0) is 8.10. The maximum atomic E-state index is 8.72. The van der Waals surface area contributed by atoms with Crippen molar-refractivity contribution in [1.82, 2.24) is 5.32 Å². The molecule has 11 heavy (non-hydrogen) atoms. The molecule has 1 rings (SSSR count). The Labute approximate surface area is 66.2 Å². The number of hydrogen-bond acceptors (Lipinski definition) is 4. The van der Waals surface area contributed by atoms with E-state index in [2.05, 4.69) is 5.32 Å². The van der Waals surface area contributed by atoms with Crippen LogP contribution >= 0.6 is 0 Å². The Hall–Kier alpha value is -0.160. The Balaban J connectivity index is 2.16. The lowest BCUT2D eigenvalue weighted by Crippen LogP contribution is -2.43. The van der Waals surface area contributed by atoms with Crippen molar-refractivity contribution in [2.24, 2.45) is 0 Å². The van der Waals surface area contributed by atoms with E-state index in [1.54, 1.807) is 0 Å². The van der Waals surface area contributed by atoms with Crippen LogP contribution in [0, 0.1) is 0 Å². The normalized spacial score (nSPS) is 24.8. The molecule has 0 aromatic carbocycles. The van der Waals surface area contributed by atoms with Crippen molar-refractivity contribution in [3.05, 3.63) is 0 Å². The predicted molar refractivity (Wildman–Crippen MR) is 40.3 cm³/mol. The Morgan fingerprint density at radius 3 is 2.64 bits per heavy atom. The van der Waals surface area contributed by atoms with Crippen LogP contribution in [0.15, 0.2) is 0 Å². The summed E-state index contributed by atoms with van der Waals surface area (Å²) in [7, 11) is 0. The highest BCUT2D eigenvalue weighted by Crippen LogP contribution is 2.03. The van der Waals surface area contributed by atoms with Crippen LogP contribution in [-0.2, 0) is 4.74 Å². The van der Waals surface area contributed by atoms with Crippen LogP contribution in [-0.4, -0.2) is 48.7 Å². The molecule has 3 N–H and O–H groups in total. The van der Waals surface area contributed by atoms with Gasteiger partial charge in [0.25, 0.3) is 0 Å². The van der Waals surface area contributed by atoms with E-state index >= 15 is 0 Å². The molecule has 0 saturated carbocycles. The first-order valence-electron chi connectivity index (χ1n) is 3.92. The van der Waals surface area contributed by atoms with E-state index in [0.717, 1.165) is 13.0 Å². The van der Waals surface area contributed by atoms with Gasteiger partial charge in [0, 0.05) is 12.6 Å². The van der Waals surface area contributed by atoms with Crippen LogP contribution in [0.25, 0.3) is 0 Å². The first-order chi connectivity index (χ1) is 5.36. The van der Waals surface area contributed by atoms with Crippen molar-refractivity contribution >= 4 is 0 Å². The van der Waals surface area contributed by atoms with Gasteiger partial charge in [0.1, 0.15) is 0 Å². The molecule has 0 aliphatic carbocycles. The first-order valence-corrected chi connectivity index (χ1v) is 3.92. The number of aliphatic hydroxyl groups excluding tert-OH is 2. The van der Waals surface area contributed by atoms with Gasteiger partial charge in [-0.25, -0.2) is 0 Å². The zero-order valence-corrected chi connectivity index (χ0v) is 6.49. The third-order valence-corrected chi connectivity index (χ3v) is 1.84. The molecule has 1 unspecified atom stereocenters. The summed E-state index contributed by atoms with van der Waals surface area (Å²) < 4.78 is 5.12. The Morgan fingerprint density at radius 1 is 1.45 bits per heavy atom. The second-order valence-electron chi connectivity index (χ2n) is 2.79. The standard InChI is InChI=1S/C7H15NO3/c9-3-7(4-10)8-6-1-2-11-5-6/h6-10H,1-5H2. The number of aliphatic hydroxyl groups is 2. The number of hydrogen-bond donors (Lipinski definition) is 3. The summed E-state index contributed by atoms with van der Waals surface area (Å²) in [5.74, 6) is 0. The molecule has 0 aromatic heterocycles. The van der Waals surface area contributed by atoms with Crippen molar-refractivity contribution in [2.75, 3.05) is 26.4 Å². The SMILES string of the molecule is OCC(CO)NC1CCOC1. The number of nitrogens with one attached hydrogen (secondary N) is 1. The quantitative estimate of drug-likeness (QED) is 0.480. The molecular formula is C7H15NO3. The minimum Gasteiger partial charge on any atom is -0.395 e. The summed E-state index contributed by atoms with van der Waals surface area (Å²) in [5.41, 5.74) is 0. The second kappa shape index (κ2) is 4.66. The molecule has 1 saturated heterocycles. The van der Waals surface area contributed by atoms with Crippen molar-refractivity contribution in [3.8, 4) is 0 Å². The van der Waals surface area contributed by atoms with E-state index in [0.29, 0.717) is 12.6 Å². The zero-order valence-electron chi connectivity index (χ0n) is 6.49. The average Bonchev–Trinajstić information content (AvgIpc) is 2.52. The molecule has 1 atom stereocenters. The first kappa shape index (κ1) is 8.93. The van der Waals surface area contributed by atoms with Crippen molar-refractivity contribution in [2.45, 2.75) is 18.5 Å². The molecule has 0 aromatic rings. The maximum absolute atomic E-state index is 8.72. The third kappa shape index (κ3) is 2.75. The molecule has 0 amide bonds. The molecule has 4 heteroatoms. The summed E-state index contributed by atoms with van der Waals surface area (Å²) in [5, 5.41) is 20.5. The van der Waals surface area contributed by atoms with Gasteiger partial charge in [0.15, 0.2) is 0 Å². The lowest BCUT2D eigenvalue weighted by Gasteiger charge is -2.17. The summed E-state index contributed by atoms with van der Waals surface area (Å²) in [4.78, 5) is 0. The van der Waals surface area contributed by atoms with Crippen LogP contribution in [0.4, 0.5) is 0 Å². The van der Waals surface area contributed by atoms with Gasteiger partial charge in [0.05, 0.1) is 25.9 Å². The predicted octanol–water partition coefficient (Wildman–Crippen LogP) is -1.28. The van der Waals surface area contributed by atoms with E-state index in [4.69, 9.17) is 14.9 Å². The van der Waals surface area contributed by atoms with Gasteiger partial charge in [-0.1, -0.05) is 0 Å². The summed E-state index contributed by atoms with van der Waals surface area (Å²) >= 11 is 0. The topological polar surface area (TPSA) is 61.7 Å². The highest BCUT2D eigenvalue weighted by molar-refractivity contribution is 4.76. The van der Waals surface area contributed by atoms with Crippen molar-refractivity contribution < 1.29 is 14.9 Å². The van der Waals surface area contributed by atoms with E-state index in [-0.39, 0.29) is 19.3 Å². The monoisotopic (exact) mass is 161 g/mol. The van der Waals surface area contributed by atoms with Crippen LogP contribution in [0.3, 0.4) is 0 Å². The molecule has 66 valence electrons. The smallest absolute Gasteiger partial charge is 0.0620 e. The average molecular weight is 161 g/mol. The van der Waals surface area contributed by atoms with Crippen LogP contribution in [0.5, 0.6) is 0 Å². The van der Waals surface area contributed by atoms with Crippen molar-refractivity contribution in [3.63, 3.8) is 0 Å². The van der Waals surface area contributed by atoms with Gasteiger partial charge in [-0.2, -0.15) is 0 Å². The molecule has 0 radical (unpaired) electrons. The summed E-state index contributed by atoms with van der Waals surface area (Å²) in [6.45, 7) is 1.43. The lowest BCUT2D eigenvalue weighted by atomic mass is 10.2. The molecule has 4 nitrogen and oxygen atoms in total. The van der Waals surface area contributed by atoms with Gasteiger partial charge in [-0.3, -0.25) is 0 Å². The molecule has 1 aliphatic rings. The summed E-state index contributed by atoms with van der Waals surface area (Å²) in [6.07, 6.45) is 0.969. The molecular weight excluding hydrogens is 146 g/mol.